The van der Waals surface area contributed by atoms with Gasteiger partial charge in [-0.25, -0.2) is 0 Å². The normalized spacial score (nSPS) is 10.7. The number of hydrogen-bond acceptors (Lipinski definition) is 2. The van der Waals surface area contributed by atoms with Gasteiger partial charge in [-0.1, -0.05) is 78.9 Å². The molecule has 2 nitrogen and oxygen atoms in total. The van der Waals surface area contributed by atoms with E-state index < -0.39 is 9.04 Å². The summed E-state index contributed by atoms with van der Waals surface area (Å²) < 4.78 is 11.8. The largest absolute Gasteiger partial charge is 0.496 e. The monoisotopic (exact) mass is 319 g/mol. The highest BCUT2D eigenvalue weighted by molar-refractivity contribution is 6.80. The Bertz CT molecular complexity index is 689. The maximum Gasteiger partial charge on any atom is 0.283 e. The van der Waals surface area contributed by atoms with Crippen LogP contribution in [0.1, 0.15) is 5.56 Å². The van der Waals surface area contributed by atoms with E-state index in [1.165, 1.54) is 10.4 Å². The molecule has 0 atom stereocenters. The van der Waals surface area contributed by atoms with Crippen LogP contribution in [-0.4, -0.2) is 16.2 Å². The van der Waals surface area contributed by atoms with Gasteiger partial charge in [0.05, 0.1) is 13.7 Å². The van der Waals surface area contributed by atoms with Crippen molar-refractivity contribution < 1.29 is 9.16 Å². The second-order valence-electron chi connectivity index (χ2n) is 5.16. The number of ether oxygens (including phenoxy) is 1. The van der Waals surface area contributed by atoms with Crippen LogP contribution in [0.2, 0.25) is 0 Å². The summed E-state index contributed by atoms with van der Waals surface area (Å²) in [5.41, 5.74) is 1.07. The summed E-state index contributed by atoms with van der Waals surface area (Å²) in [7, 11) is 0.416. The molecule has 3 heteroatoms. The van der Waals surface area contributed by atoms with Crippen molar-refractivity contribution in [1.82, 2.24) is 0 Å². The number of rotatable bonds is 6. The average Bonchev–Trinajstić information content (AvgIpc) is 2.64. The van der Waals surface area contributed by atoms with Crippen LogP contribution in [0.3, 0.4) is 0 Å². The van der Waals surface area contributed by atoms with Gasteiger partial charge in [0.2, 0.25) is 0 Å². The molecule has 0 aromatic heterocycles. The molecule has 0 bridgehead atoms. The lowest BCUT2D eigenvalue weighted by molar-refractivity contribution is 0.310. The fourth-order valence-corrected chi connectivity index (χ4v) is 4.44. The molecule has 0 unspecified atom stereocenters. The maximum absolute atomic E-state index is 6.36. The first-order valence-corrected chi connectivity index (χ1v) is 9.02. The van der Waals surface area contributed by atoms with E-state index in [1.807, 2.05) is 36.4 Å². The minimum Gasteiger partial charge on any atom is -0.496 e. The van der Waals surface area contributed by atoms with Crippen LogP contribution in [0, 0.1) is 0 Å². The number of para-hydroxylation sites is 1. The van der Waals surface area contributed by atoms with Gasteiger partial charge in [-0.3, -0.25) is 0 Å². The van der Waals surface area contributed by atoms with E-state index in [1.54, 1.807) is 7.11 Å². The third kappa shape index (κ3) is 3.89. The van der Waals surface area contributed by atoms with Gasteiger partial charge in [0, 0.05) is 5.56 Å². The van der Waals surface area contributed by atoms with Crippen molar-refractivity contribution in [2.75, 3.05) is 7.11 Å². The minimum atomic E-state index is -1.28. The Morgan fingerprint density at radius 1 is 0.696 bits per heavy atom. The summed E-state index contributed by atoms with van der Waals surface area (Å²) in [6.07, 6.45) is 0. The molecule has 0 saturated carbocycles. The first-order chi connectivity index (χ1) is 11.4. The summed E-state index contributed by atoms with van der Waals surface area (Å²) in [4.78, 5) is 0. The van der Waals surface area contributed by atoms with Crippen LogP contribution in [-0.2, 0) is 11.0 Å². The van der Waals surface area contributed by atoms with Crippen molar-refractivity contribution in [3.8, 4) is 5.75 Å². The molecule has 0 amide bonds. The SMILES string of the molecule is COc1ccccc1CO[Si](c1ccccc1)c1ccccc1. The maximum atomic E-state index is 6.36. The van der Waals surface area contributed by atoms with E-state index in [9.17, 15) is 0 Å². The van der Waals surface area contributed by atoms with Gasteiger partial charge in [0.25, 0.3) is 9.04 Å². The van der Waals surface area contributed by atoms with Gasteiger partial charge < -0.3 is 9.16 Å². The summed E-state index contributed by atoms with van der Waals surface area (Å²) in [5, 5.41) is 2.50. The van der Waals surface area contributed by atoms with E-state index in [0.29, 0.717) is 6.61 Å². The van der Waals surface area contributed by atoms with Gasteiger partial charge in [-0.05, 0) is 16.4 Å². The lowest BCUT2D eigenvalue weighted by Crippen LogP contribution is -2.44. The second kappa shape index (κ2) is 7.77. The zero-order chi connectivity index (χ0) is 15.9. The first kappa shape index (κ1) is 15.5. The van der Waals surface area contributed by atoms with Crippen molar-refractivity contribution in [3.63, 3.8) is 0 Å². The van der Waals surface area contributed by atoms with Gasteiger partial charge >= 0.3 is 0 Å². The molecule has 115 valence electrons. The van der Waals surface area contributed by atoms with E-state index in [4.69, 9.17) is 9.16 Å². The molecule has 3 aromatic carbocycles. The van der Waals surface area contributed by atoms with Crippen molar-refractivity contribution >= 4 is 19.4 Å². The topological polar surface area (TPSA) is 18.5 Å². The Kier molecular flexibility index (Phi) is 5.24. The highest BCUT2D eigenvalue weighted by Gasteiger charge is 2.19. The number of hydrogen-bond donors (Lipinski definition) is 0. The van der Waals surface area contributed by atoms with Gasteiger partial charge in [0.15, 0.2) is 0 Å². The molecule has 0 saturated heterocycles. The molecule has 0 spiro atoms. The highest BCUT2D eigenvalue weighted by atomic mass is 28.3. The molecule has 3 aromatic rings. The molecule has 0 fully saturated rings. The summed E-state index contributed by atoms with van der Waals surface area (Å²) in [6, 6.07) is 28.9. The van der Waals surface area contributed by atoms with Crippen LogP contribution in [0.5, 0.6) is 5.75 Å². The zero-order valence-electron chi connectivity index (χ0n) is 13.1. The van der Waals surface area contributed by atoms with Gasteiger partial charge in [-0.15, -0.1) is 0 Å². The third-order valence-electron chi connectivity index (χ3n) is 3.64. The van der Waals surface area contributed by atoms with E-state index in [-0.39, 0.29) is 0 Å². The third-order valence-corrected chi connectivity index (χ3v) is 5.78. The summed E-state index contributed by atoms with van der Waals surface area (Å²) >= 11 is 0. The van der Waals surface area contributed by atoms with Crippen molar-refractivity contribution in [2.24, 2.45) is 0 Å². The average molecular weight is 319 g/mol. The van der Waals surface area contributed by atoms with Crippen LogP contribution in [0.15, 0.2) is 84.9 Å². The van der Waals surface area contributed by atoms with Crippen molar-refractivity contribution in [1.29, 1.82) is 0 Å². The van der Waals surface area contributed by atoms with Crippen LogP contribution < -0.4 is 15.1 Å². The Morgan fingerprint density at radius 3 is 1.78 bits per heavy atom. The molecule has 3 rings (SSSR count). The fraction of sp³-hybridized carbons (Fsp3) is 0.100. The summed E-state index contributed by atoms with van der Waals surface area (Å²) in [6.45, 7) is 0.544. The van der Waals surface area contributed by atoms with Crippen LogP contribution in [0.25, 0.3) is 0 Å². The first-order valence-electron chi connectivity index (χ1n) is 7.61. The minimum absolute atomic E-state index is 0.544. The predicted molar refractivity (Wildman–Crippen MR) is 95.7 cm³/mol. The Morgan fingerprint density at radius 2 is 1.22 bits per heavy atom. The molecule has 23 heavy (non-hydrogen) atoms. The standard InChI is InChI=1S/C20H19O2Si/c1-21-20-15-9-8-10-17(20)16-22-23(18-11-4-2-5-12-18)19-13-6-3-7-14-19/h2-15H,16H2,1H3. The van der Waals surface area contributed by atoms with Gasteiger partial charge in [0.1, 0.15) is 5.75 Å². The molecular weight excluding hydrogens is 300 g/mol. The number of benzene rings is 3. The molecule has 0 aliphatic rings. The highest BCUT2D eigenvalue weighted by Crippen LogP contribution is 2.18. The lowest BCUT2D eigenvalue weighted by atomic mass is 10.2. The van der Waals surface area contributed by atoms with Gasteiger partial charge in [-0.2, -0.15) is 0 Å². The van der Waals surface area contributed by atoms with E-state index in [2.05, 4.69) is 48.5 Å². The molecule has 0 heterocycles. The second-order valence-corrected chi connectivity index (χ2v) is 7.26. The quantitative estimate of drug-likeness (QED) is 0.650. The Balaban J connectivity index is 1.85. The molecule has 0 aliphatic carbocycles. The predicted octanol–water partition coefficient (Wildman–Crippen LogP) is 3.02. The van der Waals surface area contributed by atoms with Crippen molar-refractivity contribution in [3.05, 3.63) is 90.5 Å². The van der Waals surface area contributed by atoms with E-state index in [0.717, 1.165) is 11.3 Å². The molecular formula is C20H19O2Si. The number of methoxy groups -OCH3 is 1. The Hall–Kier alpha value is -2.36. The van der Waals surface area contributed by atoms with Crippen molar-refractivity contribution in [2.45, 2.75) is 6.61 Å². The lowest BCUT2D eigenvalue weighted by Gasteiger charge is -2.17. The molecule has 0 N–H and O–H groups in total. The van der Waals surface area contributed by atoms with Crippen LogP contribution in [0.4, 0.5) is 0 Å². The zero-order valence-corrected chi connectivity index (χ0v) is 14.1. The summed E-state index contributed by atoms with van der Waals surface area (Å²) in [5.74, 6) is 0.870. The Labute approximate surface area is 139 Å². The molecule has 1 radical (unpaired) electrons. The van der Waals surface area contributed by atoms with E-state index >= 15 is 0 Å². The fourth-order valence-electron chi connectivity index (χ4n) is 2.48. The van der Waals surface area contributed by atoms with Crippen LogP contribution >= 0.6 is 0 Å². The smallest absolute Gasteiger partial charge is 0.283 e. The molecule has 0 aliphatic heterocycles.